The van der Waals surface area contributed by atoms with Gasteiger partial charge in [0.05, 0.1) is 23.1 Å². The number of benzene rings is 2. The second kappa shape index (κ2) is 9.12. The smallest absolute Gasteiger partial charge is 0.260 e. The van der Waals surface area contributed by atoms with Crippen LogP contribution in [-0.2, 0) is 0 Å². The number of para-hydroxylation sites is 2. The first-order valence-corrected chi connectivity index (χ1v) is 11.0. The van der Waals surface area contributed by atoms with E-state index in [0.29, 0.717) is 11.4 Å². The van der Waals surface area contributed by atoms with Crippen LogP contribution in [0.25, 0.3) is 5.69 Å². The summed E-state index contributed by atoms with van der Waals surface area (Å²) in [5.74, 6) is 1.04. The molecule has 8 heteroatoms. The number of nitrogens with zero attached hydrogens (tertiary/aromatic N) is 6. The Labute approximate surface area is 192 Å². The van der Waals surface area contributed by atoms with Crippen LogP contribution in [0, 0.1) is 6.92 Å². The number of carbonyl (C=O) groups is 1. The van der Waals surface area contributed by atoms with E-state index >= 15 is 0 Å². The molecule has 5 rings (SSSR count). The fourth-order valence-electron chi connectivity index (χ4n) is 4.07. The molecule has 2 aromatic heterocycles. The molecule has 2 aromatic carbocycles. The van der Waals surface area contributed by atoms with Crippen molar-refractivity contribution in [2.24, 2.45) is 0 Å². The van der Waals surface area contributed by atoms with Crippen molar-refractivity contribution in [2.75, 3.05) is 41.3 Å². The number of rotatable bonds is 5. The van der Waals surface area contributed by atoms with Crippen molar-refractivity contribution in [1.29, 1.82) is 0 Å². The number of piperazine rings is 1. The highest BCUT2D eigenvalue weighted by Crippen LogP contribution is 2.21. The molecule has 8 nitrogen and oxygen atoms in total. The van der Waals surface area contributed by atoms with Gasteiger partial charge in [-0.1, -0.05) is 36.4 Å². The van der Waals surface area contributed by atoms with E-state index in [9.17, 15) is 4.79 Å². The lowest BCUT2D eigenvalue weighted by atomic mass is 10.2. The van der Waals surface area contributed by atoms with E-state index in [1.54, 1.807) is 10.9 Å². The van der Waals surface area contributed by atoms with Crippen molar-refractivity contribution in [3.05, 3.63) is 90.5 Å². The minimum absolute atomic E-state index is 0.242. The fourth-order valence-corrected chi connectivity index (χ4v) is 4.07. The lowest BCUT2D eigenvalue weighted by molar-refractivity contribution is 0.102. The van der Waals surface area contributed by atoms with E-state index in [4.69, 9.17) is 0 Å². The number of hydrogen-bond acceptors (Lipinski definition) is 6. The molecule has 1 fully saturated rings. The minimum Gasteiger partial charge on any atom is -0.368 e. The summed E-state index contributed by atoms with van der Waals surface area (Å²) >= 11 is 0. The lowest BCUT2D eigenvalue weighted by Gasteiger charge is -2.36. The zero-order chi connectivity index (χ0) is 22.6. The molecule has 1 aliphatic heterocycles. The Morgan fingerprint density at radius 1 is 0.848 bits per heavy atom. The zero-order valence-electron chi connectivity index (χ0n) is 18.4. The maximum atomic E-state index is 12.9. The van der Waals surface area contributed by atoms with Crippen LogP contribution in [0.3, 0.4) is 0 Å². The topological polar surface area (TPSA) is 79.2 Å². The Morgan fingerprint density at radius 3 is 2.18 bits per heavy atom. The number of anilines is 3. The lowest BCUT2D eigenvalue weighted by Crippen LogP contribution is -2.46. The number of nitrogens with one attached hydrogen (secondary N) is 1. The molecular formula is C25H25N7O. The third kappa shape index (κ3) is 4.41. The van der Waals surface area contributed by atoms with Crippen LogP contribution in [0.4, 0.5) is 17.3 Å². The first-order chi connectivity index (χ1) is 16.2. The normalized spacial score (nSPS) is 13.7. The van der Waals surface area contributed by atoms with Crippen LogP contribution >= 0.6 is 0 Å². The first kappa shape index (κ1) is 20.7. The molecule has 0 atom stereocenters. The largest absolute Gasteiger partial charge is 0.368 e. The number of carbonyl (C=O) groups excluding carboxylic acids is 1. The van der Waals surface area contributed by atoms with Crippen LogP contribution in [0.5, 0.6) is 0 Å². The summed E-state index contributed by atoms with van der Waals surface area (Å²) in [7, 11) is 0. The van der Waals surface area contributed by atoms with Crippen molar-refractivity contribution in [1.82, 2.24) is 19.7 Å². The fraction of sp³-hybridized carbons (Fsp3) is 0.200. The van der Waals surface area contributed by atoms with Crippen LogP contribution in [0.2, 0.25) is 0 Å². The van der Waals surface area contributed by atoms with Gasteiger partial charge in [-0.05, 0) is 31.2 Å². The average molecular weight is 440 g/mol. The van der Waals surface area contributed by atoms with Gasteiger partial charge in [0.15, 0.2) is 0 Å². The van der Waals surface area contributed by atoms with Gasteiger partial charge in [0.25, 0.3) is 5.91 Å². The Morgan fingerprint density at radius 2 is 1.48 bits per heavy atom. The van der Waals surface area contributed by atoms with Gasteiger partial charge in [0.1, 0.15) is 18.0 Å². The third-order valence-corrected chi connectivity index (χ3v) is 5.87. The van der Waals surface area contributed by atoms with Crippen molar-refractivity contribution >= 4 is 23.2 Å². The molecule has 4 aromatic rings. The van der Waals surface area contributed by atoms with Gasteiger partial charge in [-0.25, -0.2) is 14.6 Å². The minimum atomic E-state index is -0.242. The molecule has 166 valence electrons. The van der Waals surface area contributed by atoms with E-state index < -0.39 is 0 Å². The van der Waals surface area contributed by atoms with Gasteiger partial charge >= 0.3 is 0 Å². The molecule has 1 N–H and O–H groups in total. The molecule has 1 amide bonds. The zero-order valence-corrected chi connectivity index (χ0v) is 18.4. The summed E-state index contributed by atoms with van der Waals surface area (Å²) in [6, 6.07) is 22.0. The molecule has 0 radical (unpaired) electrons. The predicted molar refractivity (Wildman–Crippen MR) is 129 cm³/mol. The van der Waals surface area contributed by atoms with Crippen molar-refractivity contribution < 1.29 is 4.79 Å². The SMILES string of the molecule is Cc1c(C(=O)Nc2cc(N3CCN(c4ccccc4)CC3)ncn2)cnn1-c1ccccc1. The van der Waals surface area contributed by atoms with E-state index in [2.05, 4.69) is 54.4 Å². The maximum absolute atomic E-state index is 12.9. The Hall–Kier alpha value is -4.20. The molecule has 0 saturated carbocycles. The number of hydrogen-bond donors (Lipinski definition) is 1. The molecule has 0 aliphatic carbocycles. The Balaban J connectivity index is 1.26. The molecular weight excluding hydrogens is 414 g/mol. The van der Waals surface area contributed by atoms with Crippen LogP contribution in [-0.4, -0.2) is 51.8 Å². The first-order valence-electron chi connectivity index (χ1n) is 11.0. The Bertz CT molecular complexity index is 1230. The van der Waals surface area contributed by atoms with Crippen molar-refractivity contribution in [3.8, 4) is 5.69 Å². The monoisotopic (exact) mass is 439 g/mol. The van der Waals surface area contributed by atoms with Crippen LogP contribution in [0.1, 0.15) is 16.1 Å². The molecule has 33 heavy (non-hydrogen) atoms. The quantitative estimate of drug-likeness (QED) is 0.512. The highest BCUT2D eigenvalue weighted by atomic mass is 16.1. The summed E-state index contributed by atoms with van der Waals surface area (Å²) in [5, 5.41) is 7.28. The van der Waals surface area contributed by atoms with E-state index in [1.165, 1.54) is 12.0 Å². The molecule has 1 aliphatic rings. The standard InChI is InChI=1S/C25H25N7O/c1-19-22(17-28-32(19)21-10-6-3-7-11-21)25(33)29-23-16-24(27-18-26-23)31-14-12-30(13-15-31)20-8-4-2-5-9-20/h2-11,16-18H,12-15H2,1H3,(H,26,27,29,33). The van der Waals surface area contributed by atoms with E-state index in [0.717, 1.165) is 43.4 Å². The number of amides is 1. The van der Waals surface area contributed by atoms with Gasteiger partial charge in [0, 0.05) is 37.9 Å². The van der Waals surface area contributed by atoms with E-state index in [1.807, 2.05) is 49.4 Å². The highest BCUT2D eigenvalue weighted by molar-refractivity contribution is 6.04. The maximum Gasteiger partial charge on any atom is 0.260 e. The number of aromatic nitrogens is 4. The summed E-state index contributed by atoms with van der Waals surface area (Å²) in [4.78, 5) is 26.2. The Kier molecular flexibility index (Phi) is 5.72. The van der Waals surface area contributed by atoms with Gasteiger partial charge in [-0.3, -0.25) is 4.79 Å². The van der Waals surface area contributed by atoms with Gasteiger partial charge in [-0.15, -0.1) is 0 Å². The highest BCUT2D eigenvalue weighted by Gasteiger charge is 2.20. The third-order valence-electron chi connectivity index (χ3n) is 5.87. The average Bonchev–Trinajstić information content (AvgIpc) is 3.27. The van der Waals surface area contributed by atoms with Crippen molar-refractivity contribution in [2.45, 2.75) is 6.92 Å². The van der Waals surface area contributed by atoms with E-state index in [-0.39, 0.29) is 5.91 Å². The van der Waals surface area contributed by atoms with Gasteiger partial charge in [-0.2, -0.15) is 5.10 Å². The second-order valence-corrected chi connectivity index (χ2v) is 7.92. The summed E-state index contributed by atoms with van der Waals surface area (Å²) < 4.78 is 1.76. The van der Waals surface area contributed by atoms with Crippen LogP contribution < -0.4 is 15.1 Å². The summed E-state index contributed by atoms with van der Waals surface area (Å²) in [5.41, 5.74) is 3.42. The molecule has 0 unspecified atom stereocenters. The van der Waals surface area contributed by atoms with Crippen LogP contribution in [0.15, 0.2) is 79.3 Å². The molecule has 0 bridgehead atoms. The van der Waals surface area contributed by atoms with Gasteiger partial charge in [0.2, 0.25) is 0 Å². The molecule has 3 heterocycles. The second-order valence-electron chi connectivity index (χ2n) is 7.92. The summed E-state index contributed by atoms with van der Waals surface area (Å²) in [6.07, 6.45) is 3.08. The van der Waals surface area contributed by atoms with Gasteiger partial charge < -0.3 is 15.1 Å². The molecule has 0 spiro atoms. The van der Waals surface area contributed by atoms with Crippen molar-refractivity contribution in [3.63, 3.8) is 0 Å². The molecule has 1 saturated heterocycles. The predicted octanol–water partition coefficient (Wildman–Crippen LogP) is 3.55. The summed E-state index contributed by atoms with van der Waals surface area (Å²) in [6.45, 7) is 5.40.